The highest BCUT2D eigenvalue weighted by Crippen LogP contribution is 2.56. The zero-order chi connectivity index (χ0) is 17.1. The minimum Gasteiger partial charge on any atom is -0.393 e. The molecule has 5 nitrogen and oxygen atoms in total. The van der Waals surface area contributed by atoms with Gasteiger partial charge >= 0.3 is 10.4 Å². The second-order valence-electron chi connectivity index (χ2n) is 7.18. The fraction of sp³-hybridized carbons (Fsp3) is 0.444. The molecule has 4 rings (SSSR count). The van der Waals surface area contributed by atoms with Crippen molar-refractivity contribution in [2.24, 2.45) is 5.41 Å². The molecule has 0 aromatic heterocycles. The minimum atomic E-state index is -4.52. The maximum absolute atomic E-state index is 10.9. The summed E-state index contributed by atoms with van der Waals surface area (Å²) in [7, 11) is -4.52. The standard InChI is InChI=1S/C18H20O5S/c1-18-9-8-14-13-5-3-12(23-24(20,21)22)10-11(13)2-4-15(14)16(18)6-7-17(18)19/h2-5,10,16-17,19H,6-9H2,1H3,(H,20,21,22)/t16?,17-,18?/m0/s1. The number of aryl methyl sites for hydroxylation is 1. The third-order valence-corrected chi connectivity index (χ3v) is 6.32. The Morgan fingerprint density at radius 1 is 1.21 bits per heavy atom. The van der Waals surface area contributed by atoms with Crippen LogP contribution in [0.15, 0.2) is 30.3 Å². The number of aliphatic hydroxyl groups is 1. The number of rotatable bonds is 2. The molecule has 2 unspecified atom stereocenters. The zero-order valence-corrected chi connectivity index (χ0v) is 14.2. The largest absolute Gasteiger partial charge is 0.446 e. The quantitative estimate of drug-likeness (QED) is 0.814. The van der Waals surface area contributed by atoms with E-state index in [0.29, 0.717) is 5.92 Å². The number of fused-ring (bicyclic) bond motifs is 5. The van der Waals surface area contributed by atoms with Gasteiger partial charge in [0.05, 0.1) is 6.10 Å². The predicted octanol–water partition coefficient (Wildman–Crippen LogP) is 3.21. The van der Waals surface area contributed by atoms with Gasteiger partial charge in [-0.2, -0.15) is 8.42 Å². The molecule has 0 saturated heterocycles. The highest BCUT2D eigenvalue weighted by Gasteiger charge is 2.49. The van der Waals surface area contributed by atoms with E-state index in [1.165, 1.54) is 11.1 Å². The third kappa shape index (κ3) is 2.41. The number of hydrogen-bond donors (Lipinski definition) is 2. The molecule has 0 bridgehead atoms. The highest BCUT2D eigenvalue weighted by molar-refractivity contribution is 7.81. The Hall–Kier alpha value is -1.63. The first-order valence-corrected chi connectivity index (χ1v) is 9.55. The van der Waals surface area contributed by atoms with E-state index in [4.69, 9.17) is 4.55 Å². The molecule has 2 aromatic rings. The van der Waals surface area contributed by atoms with Crippen molar-refractivity contribution in [2.45, 2.75) is 44.6 Å². The van der Waals surface area contributed by atoms with Crippen LogP contribution in [0.3, 0.4) is 0 Å². The van der Waals surface area contributed by atoms with Crippen LogP contribution < -0.4 is 4.18 Å². The van der Waals surface area contributed by atoms with Gasteiger partial charge in [0.1, 0.15) is 5.75 Å². The Morgan fingerprint density at radius 2 is 2.00 bits per heavy atom. The van der Waals surface area contributed by atoms with E-state index in [0.717, 1.165) is 36.5 Å². The smallest absolute Gasteiger partial charge is 0.393 e. The summed E-state index contributed by atoms with van der Waals surface area (Å²) in [5.74, 6) is 0.469. The number of benzene rings is 2. The lowest BCUT2D eigenvalue weighted by Gasteiger charge is -2.40. The molecular weight excluding hydrogens is 328 g/mol. The van der Waals surface area contributed by atoms with Crippen LogP contribution in [0.4, 0.5) is 0 Å². The summed E-state index contributed by atoms with van der Waals surface area (Å²) in [6, 6.07) is 9.09. The van der Waals surface area contributed by atoms with Crippen LogP contribution >= 0.6 is 0 Å². The molecule has 0 radical (unpaired) electrons. The van der Waals surface area contributed by atoms with Crippen molar-refractivity contribution in [1.82, 2.24) is 0 Å². The van der Waals surface area contributed by atoms with Crippen molar-refractivity contribution < 1.29 is 22.3 Å². The van der Waals surface area contributed by atoms with Gasteiger partial charge < -0.3 is 9.29 Å². The SMILES string of the molecule is CC12CCc3c(ccc4cc(OS(=O)(=O)O)ccc34)C1CC[C@@H]2O. The average Bonchev–Trinajstić information content (AvgIpc) is 2.81. The van der Waals surface area contributed by atoms with E-state index < -0.39 is 10.4 Å². The number of hydrogen-bond acceptors (Lipinski definition) is 4. The van der Waals surface area contributed by atoms with E-state index in [2.05, 4.69) is 17.2 Å². The summed E-state index contributed by atoms with van der Waals surface area (Å²) in [5, 5.41) is 12.3. The lowest BCUT2D eigenvalue weighted by Crippen LogP contribution is -2.35. The number of aliphatic hydroxyl groups excluding tert-OH is 1. The maximum atomic E-state index is 10.9. The van der Waals surface area contributed by atoms with Gasteiger partial charge in [-0.1, -0.05) is 25.1 Å². The van der Waals surface area contributed by atoms with Crippen LogP contribution in [-0.2, 0) is 16.8 Å². The van der Waals surface area contributed by atoms with Crippen molar-refractivity contribution in [3.63, 3.8) is 0 Å². The summed E-state index contributed by atoms with van der Waals surface area (Å²) in [6.45, 7) is 2.19. The fourth-order valence-corrected chi connectivity index (χ4v) is 4.98. The normalized spacial score (nSPS) is 29.3. The van der Waals surface area contributed by atoms with Gasteiger partial charge in [-0.3, -0.25) is 4.55 Å². The summed E-state index contributed by atoms with van der Waals surface area (Å²) in [6.07, 6.45) is 3.46. The van der Waals surface area contributed by atoms with Crippen molar-refractivity contribution in [2.75, 3.05) is 0 Å². The van der Waals surface area contributed by atoms with E-state index in [1.807, 2.05) is 12.1 Å². The molecular formula is C18H20O5S. The van der Waals surface area contributed by atoms with Crippen molar-refractivity contribution in [1.29, 1.82) is 0 Å². The third-order valence-electron chi connectivity index (χ3n) is 5.92. The lowest BCUT2D eigenvalue weighted by molar-refractivity contribution is 0.0459. The first-order chi connectivity index (χ1) is 11.3. The van der Waals surface area contributed by atoms with Crippen LogP contribution in [0, 0.1) is 5.41 Å². The van der Waals surface area contributed by atoms with Crippen molar-refractivity contribution in [3.05, 3.63) is 41.5 Å². The van der Waals surface area contributed by atoms with Crippen LogP contribution in [0.2, 0.25) is 0 Å². The molecule has 0 heterocycles. The van der Waals surface area contributed by atoms with Gasteiger partial charge in [-0.05, 0) is 65.6 Å². The topological polar surface area (TPSA) is 83.8 Å². The van der Waals surface area contributed by atoms with Crippen molar-refractivity contribution in [3.8, 4) is 5.75 Å². The summed E-state index contributed by atoms with van der Waals surface area (Å²) >= 11 is 0. The minimum absolute atomic E-state index is 0.0469. The van der Waals surface area contributed by atoms with Crippen molar-refractivity contribution >= 4 is 21.2 Å². The first kappa shape index (κ1) is 15.9. The van der Waals surface area contributed by atoms with Gasteiger partial charge in [0.25, 0.3) is 0 Å². The second-order valence-corrected chi connectivity index (χ2v) is 8.20. The van der Waals surface area contributed by atoms with Gasteiger partial charge in [0.15, 0.2) is 0 Å². The van der Waals surface area contributed by atoms with E-state index in [9.17, 15) is 13.5 Å². The molecule has 2 aliphatic carbocycles. The Morgan fingerprint density at radius 3 is 2.75 bits per heavy atom. The molecule has 2 aromatic carbocycles. The molecule has 1 saturated carbocycles. The molecule has 24 heavy (non-hydrogen) atoms. The van der Waals surface area contributed by atoms with Gasteiger partial charge in [-0.15, -0.1) is 0 Å². The Labute approximate surface area is 141 Å². The fourth-order valence-electron chi connectivity index (χ4n) is 4.63. The average molecular weight is 348 g/mol. The Kier molecular flexibility index (Phi) is 3.43. The molecule has 0 amide bonds. The lowest BCUT2D eigenvalue weighted by atomic mass is 9.65. The van der Waals surface area contributed by atoms with E-state index >= 15 is 0 Å². The predicted molar refractivity (Wildman–Crippen MR) is 90.5 cm³/mol. The highest BCUT2D eigenvalue weighted by atomic mass is 32.3. The zero-order valence-electron chi connectivity index (χ0n) is 13.4. The van der Waals surface area contributed by atoms with Crippen LogP contribution in [0.5, 0.6) is 5.75 Å². The Bertz CT molecular complexity index is 920. The summed E-state index contributed by atoms with van der Waals surface area (Å²) in [5.41, 5.74) is 2.54. The molecule has 0 spiro atoms. The van der Waals surface area contributed by atoms with Crippen LogP contribution in [0.25, 0.3) is 10.8 Å². The molecule has 128 valence electrons. The molecule has 6 heteroatoms. The second kappa shape index (κ2) is 5.18. The van der Waals surface area contributed by atoms with E-state index in [-0.39, 0.29) is 17.3 Å². The molecule has 0 aliphatic heterocycles. The van der Waals surface area contributed by atoms with Gasteiger partial charge in [0.2, 0.25) is 0 Å². The monoisotopic (exact) mass is 348 g/mol. The molecule has 1 fully saturated rings. The first-order valence-electron chi connectivity index (χ1n) is 8.18. The summed E-state index contributed by atoms with van der Waals surface area (Å²) in [4.78, 5) is 0. The Balaban J connectivity index is 1.81. The molecule has 3 atom stereocenters. The van der Waals surface area contributed by atoms with Gasteiger partial charge in [-0.25, -0.2) is 0 Å². The van der Waals surface area contributed by atoms with Gasteiger partial charge in [0, 0.05) is 5.41 Å². The molecule has 2 aliphatic rings. The maximum Gasteiger partial charge on any atom is 0.446 e. The molecule has 2 N–H and O–H groups in total. The summed E-state index contributed by atoms with van der Waals surface area (Å²) < 4.78 is 35.1. The van der Waals surface area contributed by atoms with Crippen LogP contribution in [0.1, 0.15) is 43.2 Å². The van der Waals surface area contributed by atoms with Crippen LogP contribution in [-0.4, -0.2) is 24.2 Å². The van der Waals surface area contributed by atoms with E-state index in [1.54, 1.807) is 12.1 Å².